The highest BCUT2D eigenvalue weighted by molar-refractivity contribution is 6.41. The number of aromatic nitrogens is 5. The van der Waals surface area contributed by atoms with Crippen molar-refractivity contribution in [2.45, 2.75) is 12.1 Å². The number of nitrogens with one attached hydrogen (secondary N) is 2. The van der Waals surface area contributed by atoms with E-state index >= 15 is 0 Å². The van der Waals surface area contributed by atoms with Gasteiger partial charge in [0.1, 0.15) is 17.1 Å². The van der Waals surface area contributed by atoms with Gasteiger partial charge in [0.15, 0.2) is 5.82 Å². The van der Waals surface area contributed by atoms with E-state index in [4.69, 9.17) is 32.7 Å². The molecule has 1 saturated heterocycles. The zero-order valence-electron chi connectivity index (χ0n) is 22.8. The zero-order valence-corrected chi connectivity index (χ0v) is 24.3. The molecular weight excluding hydrogens is 571 g/mol. The lowest BCUT2D eigenvalue weighted by molar-refractivity contribution is -0.117. The summed E-state index contributed by atoms with van der Waals surface area (Å²) < 4.78 is 13.9. The first-order valence-corrected chi connectivity index (χ1v) is 13.3. The first-order chi connectivity index (χ1) is 19.6. The molecule has 214 valence electrons. The summed E-state index contributed by atoms with van der Waals surface area (Å²) in [7, 11) is 6.38. The van der Waals surface area contributed by atoms with Crippen molar-refractivity contribution in [1.82, 2.24) is 29.6 Å². The lowest BCUT2D eigenvalue weighted by Gasteiger charge is -2.20. The minimum absolute atomic E-state index is 0.181. The molecule has 0 spiro atoms. The summed E-state index contributed by atoms with van der Waals surface area (Å²) in [6.07, 6.45) is 4.70. The summed E-state index contributed by atoms with van der Waals surface area (Å²) >= 11 is 13.2. The molecule has 41 heavy (non-hydrogen) atoms. The Balaban J connectivity index is 1.51. The molecule has 0 saturated carbocycles. The Bertz CT molecular complexity index is 1690. The van der Waals surface area contributed by atoms with E-state index in [9.17, 15) is 9.59 Å². The highest BCUT2D eigenvalue weighted by Gasteiger charge is 2.35. The number of benzene rings is 1. The number of anilines is 2. The first kappa shape index (κ1) is 28.2. The Kier molecular flexibility index (Phi) is 7.78. The van der Waals surface area contributed by atoms with Crippen LogP contribution in [0.5, 0.6) is 11.5 Å². The number of rotatable bonds is 8. The van der Waals surface area contributed by atoms with Crippen molar-refractivity contribution in [2.24, 2.45) is 14.1 Å². The molecule has 0 aliphatic carbocycles. The van der Waals surface area contributed by atoms with E-state index < -0.39 is 0 Å². The van der Waals surface area contributed by atoms with Crippen LogP contribution < -0.4 is 30.6 Å². The molecule has 4 aromatic rings. The summed E-state index contributed by atoms with van der Waals surface area (Å²) in [5, 5.41) is 11.7. The fourth-order valence-electron chi connectivity index (χ4n) is 4.88. The number of hydrogen-bond donors (Lipinski definition) is 2. The number of fused-ring (bicyclic) bond motifs is 1. The van der Waals surface area contributed by atoms with Crippen LogP contribution in [0.4, 0.5) is 11.8 Å². The minimum atomic E-state index is -0.375. The molecule has 1 aliphatic heterocycles. The predicted molar refractivity (Wildman–Crippen MR) is 158 cm³/mol. The Hall–Kier alpha value is -4.29. The molecule has 0 bridgehead atoms. The van der Waals surface area contributed by atoms with Crippen molar-refractivity contribution in [3.8, 4) is 22.6 Å². The minimum Gasteiger partial charge on any atom is -0.495 e. The van der Waals surface area contributed by atoms with Crippen LogP contribution in [-0.4, -0.2) is 69.6 Å². The number of carbonyl (C=O) groups excluding carboxylic acids is 1. The number of aryl methyl sites for hydroxylation is 2. The van der Waals surface area contributed by atoms with E-state index in [-0.39, 0.29) is 44.7 Å². The molecule has 2 N–H and O–H groups in total. The van der Waals surface area contributed by atoms with Gasteiger partial charge in [0.25, 0.3) is 5.56 Å². The van der Waals surface area contributed by atoms with Gasteiger partial charge in [-0.25, -0.2) is 4.98 Å². The molecule has 0 unspecified atom stereocenters. The van der Waals surface area contributed by atoms with Crippen LogP contribution in [0.3, 0.4) is 0 Å². The topological polar surface area (TPSA) is 128 Å². The van der Waals surface area contributed by atoms with E-state index in [0.29, 0.717) is 41.6 Å². The highest BCUT2D eigenvalue weighted by atomic mass is 35.5. The van der Waals surface area contributed by atoms with Crippen LogP contribution in [0, 0.1) is 0 Å². The third kappa shape index (κ3) is 5.27. The molecule has 1 aromatic carbocycles. The summed E-state index contributed by atoms with van der Waals surface area (Å²) in [5.74, 6) is 1.43. The largest absolute Gasteiger partial charge is 0.495 e. The predicted octanol–water partition coefficient (Wildman–Crippen LogP) is 3.02. The smallest absolute Gasteiger partial charge is 0.259 e. The van der Waals surface area contributed by atoms with Crippen molar-refractivity contribution in [3.63, 3.8) is 0 Å². The van der Waals surface area contributed by atoms with Gasteiger partial charge in [-0.05, 0) is 12.1 Å². The molecule has 14 heteroatoms. The lowest BCUT2D eigenvalue weighted by Crippen LogP contribution is -2.45. The zero-order chi connectivity index (χ0) is 29.4. The second-order valence-corrected chi connectivity index (χ2v) is 10.3. The molecular formula is C27H28Cl2N8O4. The van der Waals surface area contributed by atoms with Gasteiger partial charge >= 0.3 is 0 Å². The van der Waals surface area contributed by atoms with Crippen LogP contribution in [0.25, 0.3) is 22.2 Å². The molecule has 1 aliphatic rings. The lowest BCUT2D eigenvalue weighted by atomic mass is 10.0. The third-order valence-electron chi connectivity index (χ3n) is 6.96. The summed E-state index contributed by atoms with van der Waals surface area (Å²) in [5.41, 5.74) is 0.547. The van der Waals surface area contributed by atoms with Crippen molar-refractivity contribution in [2.75, 3.05) is 37.5 Å². The normalized spacial score (nSPS) is 16.6. The van der Waals surface area contributed by atoms with Crippen LogP contribution in [0.1, 0.15) is 0 Å². The Labute approximate surface area is 245 Å². The van der Waals surface area contributed by atoms with Crippen LogP contribution >= 0.6 is 23.2 Å². The van der Waals surface area contributed by atoms with Crippen molar-refractivity contribution >= 4 is 51.9 Å². The summed E-state index contributed by atoms with van der Waals surface area (Å²) in [6, 6.07) is 4.57. The number of amides is 1. The number of pyridine rings is 1. The van der Waals surface area contributed by atoms with Gasteiger partial charge < -0.3 is 25.0 Å². The van der Waals surface area contributed by atoms with Gasteiger partial charge in [-0.3, -0.25) is 18.8 Å². The molecule has 12 nitrogen and oxygen atoms in total. The number of carbonyl (C=O) groups is 1. The van der Waals surface area contributed by atoms with Gasteiger partial charge in [-0.2, -0.15) is 10.1 Å². The fraction of sp³-hybridized carbons (Fsp3) is 0.296. The van der Waals surface area contributed by atoms with E-state index in [2.05, 4.69) is 37.2 Å². The Morgan fingerprint density at radius 2 is 1.80 bits per heavy atom. The van der Waals surface area contributed by atoms with Crippen LogP contribution in [0.15, 0.2) is 48.0 Å². The van der Waals surface area contributed by atoms with Gasteiger partial charge in [-0.1, -0.05) is 29.8 Å². The van der Waals surface area contributed by atoms with Crippen molar-refractivity contribution in [3.05, 3.63) is 63.6 Å². The number of methoxy groups -OCH3 is 2. The molecule has 3 aromatic heterocycles. The van der Waals surface area contributed by atoms with E-state index in [1.165, 1.54) is 24.9 Å². The Morgan fingerprint density at radius 3 is 2.41 bits per heavy atom. The maximum atomic E-state index is 13.6. The second-order valence-electron chi connectivity index (χ2n) is 9.50. The summed E-state index contributed by atoms with van der Waals surface area (Å²) in [4.78, 5) is 36.9. The first-order valence-electron chi connectivity index (χ1n) is 12.6. The molecule has 1 fully saturated rings. The van der Waals surface area contributed by atoms with Gasteiger partial charge in [-0.15, -0.1) is 0 Å². The molecule has 1 amide bonds. The standard InChI is InChI=1S/C27H28Cl2N8O4/c1-6-21(38)31-16-12-37(20-7-8-35(2)34-20)13-17(16)32-27-30-11-14-9-15(26(39)36(3)25(14)33-27)22-23(28)18(40-4)10-19(41-5)24(22)29/h6-11,16-17H,1,12-13H2,2-5H3,(H,31,38)(H,30,32,33)/t16-,17+/m0/s1. The second kappa shape index (κ2) is 11.3. The summed E-state index contributed by atoms with van der Waals surface area (Å²) in [6.45, 7) is 4.61. The molecule has 5 rings (SSSR count). The fourth-order valence-corrected chi connectivity index (χ4v) is 5.58. The van der Waals surface area contributed by atoms with E-state index in [1.807, 2.05) is 19.3 Å². The molecule has 0 radical (unpaired) electrons. The maximum Gasteiger partial charge on any atom is 0.259 e. The van der Waals surface area contributed by atoms with Crippen molar-refractivity contribution < 1.29 is 14.3 Å². The monoisotopic (exact) mass is 598 g/mol. The third-order valence-corrected chi connectivity index (χ3v) is 7.71. The number of hydrogen-bond acceptors (Lipinski definition) is 9. The average molecular weight is 599 g/mol. The highest BCUT2D eigenvalue weighted by Crippen LogP contribution is 2.45. The van der Waals surface area contributed by atoms with Gasteiger partial charge in [0.2, 0.25) is 11.9 Å². The van der Waals surface area contributed by atoms with E-state index in [1.54, 1.807) is 30.1 Å². The van der Waals surface area contributed by atoms with Crippen LogP contribution in [0.2, 0.25) is 10.0 Å². The Morgan fingerprint density at radius 1 is 1.12 bits per heavy atom. The van der Waals surface area contributed by atoms with Crippen LogP contribution in [-0.2, 0) is 18.9 Å². The SMILES string of the molecule is C=CC(=O)N[C@H]1CN(c2ccn(C)n2)C[C@H]1Nc1ncc2cc(-c3c(Cl)c(OC)cc(OC)c3Cl)c(=O)n(C)c2n1. The average Bonchev–Trinajstić information content (AvgIpc) is 3.57. The number of ether oxygens (including phenoxy) is 2. The van der Waals surface area contributed by atoms with Gasteiger partial charge in [0, 0.05) is 62.7 Å². The van der Waals surface area contributed by atoms with E-state index in [0.717, 1.165) is 5.82 Å². The number of halogens is 2. The van der Waals surface area contributed by atoms with Crippen molar-refractivity contribution in [1.29, 1.82) is 0 Å². The molecule has 4 heterocycles. The number of nitrogens with zero attached hydrogens (tertiary/aromatic N) is 6. The maximum absolute atomic E-state index is 13.6. The molecule has 2 atom stereocenters. The quantitative estimate of drug-likeness (QED) is 0.294. The van der Waals surface area contributed by atoms with Gasteiger partial charge in [0.05, 0.1) is 41.9 Å².